The van der Waals surface area contributed by atoms with Gasteiger partial charge < -0.3 is 9.13 Å². The van der Waals surface area contributed by atoms with Crippen LogP contribution in [0.4, 0.5) is 0 Å². The topological polar surface area (TPSA) is 74.7 Å². The zero-order valence-electron chi connectivity index (χ0n) is 19.1. The second-order valence-electron chi connectivity index (χ2n) is 8.83. The van der Waals surface area contributed by atoms with Crippen LogP contribution in [0.1, 0.15) is 24.1 Å². The van der Waals surface area contributed by atoms with Gasteiger partial charge in [0, 0.05) is 71.2 Å². The Bertz CT molecular complexity index is 1660. The molecule has 1 aliphatic carbocycles. The number of Topliss-reactive ketones (excluding diaryl/α,β-unsaturated/α-hetero) is 2. The number of hydrogen-bond donors (Lipinski definition) is 0. The van der Waals surface area contributed by atoms with E-state index in [2.05, 4.69) is 4.98 Å². The molecule has 3 aromatic heterocycles. The maximum absolute atomic E-state index is 13.2. The van der Waals surface area contributed by atoms with E-state index in [4.69, 9.17) is 16.7 Å². The van der Waals surface area contributed by atoms with Gasteiger partial charge in [-0.1, -0.05) is 29.8 Å². The van der Waals surface area contributed by atoms with Crippen LogP contribution in [0.2, 0.25) is 5.02 Å². The molecule has 0 unspecified atom stereocenters. The van der Waals surface area contributed by atoms with Crippen LogP contribution in [0, 0.1) is 0 Å². The molecule has 0 radical (unpaired) electrons. The summed E-state index contributed by atoms with van der Waals surface area (Å²) >= 11 is 6.29. The number of rotatable bonds is 6. The molecular weight excluding hydrogens is 462 g/mol. The molecule has 7 nitrogen and oxygen atoms in total. The van der Waals surface area contributed by atoms with Gasteiger partial charge in [0.25, 0.3) is 0 Å². The Kier molecular flexibility index (Phi) is 5.15. The van der Waals surface area contributed by atoms with Crippen molar-refractivity contribution in [2.75, 3.05) is 0 Å². The number of para-hydroxylation sites is 1. The lowest BCUT2D eigenvalue weighted by Crippen LogP contribution is -2.05. The quantitative estimate of drug-likeness (QED) is 0.321. The maximum atomic E-state index is 13.2. The third-order valence-corrected chi connectivity index (χ3v) is 6.82. The number of imidazole rings is 1. The fraction of sp³-hybridized carbons (Fsp3) is 0.185. The summed E-state index contributed by atoms with van der Waals surface area (Å²) in [6.07, 6.45) is 8.09. The van der Waals surface area contributed by atoms with E-state index in [0.29, 0.717) is 28.4 Å². The van der Waals surface area contributed by atoms with Gasteiger partial charge in [-0.15, -0.1) is 0 Å². The number of carbonyl (C=O) groups is 2. The number of hydrogen-bond acceptors (Lipinski definition) is 4. The molecule has 1 aliphatic rings. The lowest BCUT2D eigenvalue weighted by atomic mass is 9.97. The monoisotopic (exact) mass is 483 g/mol. The van der Waals surface area contributed by atoms with E-state index < -0.39 is 0 Å². The lowest BCUT2D eigenvalue weighted by molar-refractivity contribution is -0.119. The molecule has 0 amide bonds. The number of halogens is 1. The van der Waals surface area contributed by atoms with Gasteiger partial charge in [0.15, 0.2) is 11.6 Å². The number of fused-ring (bicyclic) bond motifs is 2. The summed E-state index contributed by atoms with van der Waals surface area (Å²) in [5.74, 6) is -0.380. The normalized spacial score (nSPS) is 14.2. The van der Waals surface area contributed by atoms with Gasteiger partial charge in [-0.25, -0.2) is 4.98 Å². The zero-order chi connectivity index (χ0) is 24.1. The van der Waals surface area contributed by atoms with Crippen LogP contribution < -0.4 is 0 Å². The van der Waals surface area contributed by atoms with Crippen LogP contribution in [-0.2, 0) is 29.7 Å². The minimum Gasteiger partial charge on any atom is -0.350 e. The molecule has 0 saturated carbocycles. The molecule has 6 rings (SSSR count). The third kappa shape index (κ3) is 3.59. The van der Waals surface area contributed by atoms with Crippen molar-refractivity contribution in [3.63, 3.8) is 0 Å². The number of benzene rings is 2. The molecule has 3 heterocycles. The standard InChI is InChI=1S/C27H22ClN5O2/c1-31-15-20(19-13-17(28)7-8-21(19)31)25-23(34)14-24(35)26(25)27-18-5-2-3-6-22(18)33(30-27)11-4-10-32-12-9-29-16-32/h2-3,5-9,12-13,15-16H,4,10-11,14H2,1H3. The molecule has 35 heavy (non-hydrogen) atoms. The molecule has 0 spiro atoms. The highest BCUT2D eigenvalue weighted by Crippen LogP contribution is 2.41. The summed E-state index contributed by atoms with van der Waals surface area (Å²) in [5, 5.41) is 7.17. The predicted molar refractivity (Wildman–Crippen MR) is 136 cm³/mol. The fourth-order valence-corrected chi connectivity index (χ4v) is 5.18. The Morgan fingerprint density at radius 3 is 2.63 bits per heavy atom. The number of aromatic nitrogens is 5. The first-order chi connectivity index (χ1) is 17.0. The van der Waals surface area contributed by atoms with E-state index in [1.165, 1.54) is 0 Å². The van der Waals surface area contributed by atoms with E-state index in [1.807, 2.05) is 75.7 Å². The highest BCUT2D eigenvalue weighted by atomic mass is 35.5. The van der Waals surface area contributed by atoms with Crippen LogP contribution in [-0.4, -0.2) is 35.5 Å². The van der Waals surface area contributed by atoms with Crippen molar-refractivity contribution in [3.05, 3.63) is 83.7 Å². The largest absolute Gasteiger partial charge is 0.350 e. The maximum Gasteiger partial charge on any atom is 0.173 e. The molecule has 0 fully saturated rings. The van der Waals surface area contributed by atoms with Crippen molar-refractivity contribution >= 4 is 56.1 Å². The summed E-state index contributed by atoms with van der Waals surface area (Å²) in [6.45, 7) is 1.49. The van der Waals surface area contributed by atoms with E-state index in [9.17, 15) is 9.59 Å². The van der Waals surface area contributed by atoms with Crippen molar-refractivity contribution in [1.29, 1.82) is 0 Å². The first-order valence-corrected chi connectivity index (χ1v) is 11.9. The summed E-state index contributed by atoms with van der Waals surface area (Å²) in [5.41, 5.74) is 3.98. The fourth-order valence-electron chi connectivity index (χ4n) is 5.00. The second kappa shape index (κ2) is 8.36. The number of aryl methyl sites for hydroxylation is 3. The highest BCUT2D eigenvalue weighted by Gasteiger charge is 2.36. The second-order valence-corrected chi connectivity index (χ2v) is 9.27. The van der Waals surface area contributed by atoms with Gasteiger partial charge in [0.1, 0.15) is 5.69 Å². The smallest absolute Gasteiger partial charge is 0.173 e. The Morgan fingerprint density at radius 1 is 0.971 bits per heavy atom. The van der Waals surface area contributed by atoms with Crippen LogP contribution in [0.15, 0.2) is 67.4 Å². The van der Waals surface area contributed by atoms with Gasteiger partial charge in [-0.2, -0.15) is 5.10 Å². The molecule has 0 saturated heterocycles. The number of nitrogens with zero attached hydrogens (tertiary/aromatic N) is 5. The van der Waals surface area contributed by atoms with E-state index >= 15 is 0 Å². The molecule has 8 heteroatoms. The van der Waals surface area contributed by atoms with E-state index in [-0.39, 0.29) is 18.0 Å². The molecule has 174 valence electrons. The van der Waals surface area contributed by atoms with Crippen molar-refractivity contribution in [1.82, 2.24) is 23.9 Å². The molecule has 0 bridgehead atoms. The van der Waals surface area contributed by atoms with Crippen LogP contribution in [0.5, 0.6) is 0 Å². The molecular formula is C27H22ClN5O2. The molecule has 0 aliphatic heterocycles. The minimum absolute atomic E-state index is 0.149. The van der Waals surface area contributed by atoms with Crippen molar-refractivity contribution < 1.29 is 9.59 Å². The Balaban J connectivity index is 1.51. The van der Waals surface area contributed by atoms with Crippen LogP contribution in [0.25, 0.3) is 33.0 Å². The third-order valence-electron chi connectivity index (χ3n) is 6.59. The van der Waals surface area contributed by atoms with Crippen molar-refractivity contribution in [2.45, 2.75) is 25.9 Å². The summed E-state index contributed by atoms with van der Waals surface area (Å²) in [6, 6.07) is 13.5. The van der Waals surface area contributed by atoms with Crippen molar-refractivity contribution in [2.24, 2.45) is 7.05 Å². The van der Waals surface area contributed by atoms with Crippen molar-refractivity contribution in [3.8, 4) is 0 Å². The molecule has 2 aromatic carbocycles. The van der Waals surface area contributed by atoms with Gasteiger partial charge in [-0.3, -0.25) is 14.3 Å². The van der Waals surface area contributed by atoms with Gasteiger partial charge in [0.05, 0.1) is 23.8 Å². The van der Waals surface area contributed by atoms with Crippen LogP contribution >= 0.6 is 11.6 Å². The van der Waals surface area contributed by atoms with Crippen LogP contribution in [0.3, 0.4) is 0 Å². The first-order valence-electron chi connectivity index (χ1n) is 11.5. The molecule has 0 N–H and O–H groups in total. The number of allylic oxidation sites excluding steroid dienone is 2. The Labute approximate surface area is 206 Å². The average molecular weight is 484 g/mol. The summed E-state index contributed by atoms with van der Waals surface area (Å²) in [4.78, 5) is 30.5. The predicted octanol–water partition coefficient (Wildman–Crippen LogP) is 4.92. The number of ketones is 2. The number of carbonyl (C=O) groups excluding carboxylic acids is 2. The Morgan fingerprint density at radius 2 is 1.80 bits per heavy atom. The van der Waals surface area contributed by atoms with Gasteiger partial charge in [0.2, 0.25) is 0 Å². The average Bonchev–Trinajstić information content (AvgIpc) is 3.60. The molecule has 5 aromatic rings. The van der Waals surface area contributed by atoms with Gasteiger partial charge >= 0.3 is 0 Å². The van der Waals surface area contributed by atoms with E-state index in [1.54, 1.807) is 12.5 Å². The summed E-state index contributed by atoms with van der Waals surface area (Å²) < 4.78 is 5.91. The zero-order valence-corrected chi connectivity index (χ0v) is 19.9. The first kappa shape index (κ1) is 21.6. The summed E-state index contributed by atoms with van der Waals surface area (Å²) in [7, 11) is 1.92. The Hall–Kier alpha value is -3.97. The minimum atomic E-state index is -0.196. The highest BCUT2D eigenvalue weighted by molar-refractivity contribution is 6.52. The van der Waals surface area contributed by atoms with E-state index in [0.717, 1.165) is 40.3 Å². The molecule has 0 atom stereocenters. The SMILES string of the molecule is Cn1cc(C2=C(c3nn(CCCn4ccnc4)c4ccccc34)C(=O)CC2=O)c2cc(Cl)ccc21. The van der Waals surface area contributed by atoms with Gasteiger partial charge in [-0.05, 0) is 30.7 Å². The lowest BCUT2D eigenvalue weighted by Gasteiger charge is -2.05.